The summed E-state index contributed by atoms with van der Waals surface area (Å²) in [7, 11) is -3.37. The van der Waals surface area contributed by atoms with Crippen LogP contribution in [-0.2, 0) is 14.8 Å². The quantitative estimate of drug-likeness (QED) is 0.724. The van der Waals surface area contributed by atoms with Gasteiger partial charge in [-0.25, -0.2) is 13.2 Å². The first kappa shape index (κ1) is 19.5. The predicted octanol–water partition coefficient (Wildman–Crippen LogP) is 2.88. The van der Waals surface area contributed by atoms with Gasteiger partial charge in [-0.2, -0.15) is 0 Å². The second kappa shape index (κ2) is 8.48. The fourth-order valence-electron chi connectivity index (χ4n) is 2.08. The molecule has 7 nitrogen and oxygen atoms in total. The molecule has 138 valence electrons. The lowest BCUT2D eigenvalue weighted by atomic mass is 10.1. The maximum atomic E-state index is 12.3. The number of carbonyl (C=O) groups excluding carboxylic acids is 2. The number of amides is 1. The van der Waals surface area contributed by atoms with E-state index in [4.69, 9.17) is 4.74 Å². The highest BCUT2D eigenvalue weighted by Gasteiger charge is 2.11. The van der Waals surface area contributed by atoms with Crippen LogP contribution in [0.4, 0.5) is 11.4 Å². The van der Waals surface area contributed by atoms with Gasteiger partial charge in [0.1, 0.15) is 0 Å². The van der Waals surface area contributed by atoms with Crippen LogP contribution in [-0.4, -0.2) is 32.7 Å². The summed E-state index contributed by atoms with van der Waals surface area (Å²) in [6.07, 6.45) is 0. The molecule has 0 fully saturated rings. The number of hydrogen-bond acceptors (Lipinski definition) is 5. The zero-order chi connectivity index (χ0) is 19.2. The molecule has 0 aromatic heterocycles. The Hall–Kier alpha value is -2.87. The van der Waals surface area contributed by atoms with E-state index in [2.05, 4.69) is 10.0 Å². The van der Waals surface area contributed by atoms with Gasteiger partial charge in [0.05, 0.1) is 17.9 Å². The van der Waals surface area contributed by atoms with Crippen molar-refractivity contribution in [3.05, 3.63) is 59.7 Å². The number of esters is 1. The van der Waals surface area contributed by atoms with Gasteiger partial charge in [-0.1, -0.05) is 6.07 Å². The summed E-state index contributed by atoms with van der Waals surface area (Å²) >= 11 is 0. The average Bonchev–Trinajstić information content (AvgIpc) is 2.62. The Morgan fingerprint density at radius 2 is 1.65 bits per heavy atom. The first-order valence-corrected chi connectivity index (χ1v) is 9.69. The highest BCUT2D eigenvalue weighted by atomic mass is 32.2. The van der Waals surface area contributed by atoms with Crippen molar-refractivity contribution in [2.75, 3.05) is 22.4 Å². The molecule has 0 aliphatic rings. The van der Waals surface area contributed by atoms with E-state index in [0.29, 0.717) is 22.5 Å². The second-order valence-corrected chi connectivity index (χ2v) is 7.35. The molecule has 0 saturated heterocycles. The molecule has 0 saturated carbocycles. The van der Waals surface area contributed by atoms with Gasteiger partial charge in [0, 0.05) is 16.9 Å². The molecule has 2 N–H and O–H groups in total. The zero-order valence-electron chi connectivity index (χ0n) is 14.5. The Kier molecular flexibility index (Phi) is 6.35. The Labute approximate surface area is 152 Å². The number of nitrogens with one attached hydrogen (secondary N) is 2. The molecule has 0 aliphatic carbocycles. The first-order valence-electron chi connectivity index (χ1n) is 8.03. The number of anilines is 2. The van der Waals surface area contributed by atoms with E-state index in [1.165, 1.54) is 37.3 Å². The molecular weight excluding hydrogens is 356 g/mol. The van der Waals surface area contributed by atoms with Crippen LogP contribution in [0.25, 0.3) is 0 Å². The van der Waals surface area contributed by atoms with Crippen LogP contribution in [0.3, 0.4) is 0 Å². The Morgan fingerprint density at radius 3 is 2.27 bits per heavy atom. The number of sulfonamides is 1. The molecule has 1 amide bonds. The van der Waals surface area contributed by atoms with E-state index in [0.717, 1.165) is 0 Å². The van der Waals surface area contributed by atoms with Crippen molar-refractivity contribution in [2.45, 2.75) is 13.8 Å². The van der Waals surface area contributed by atoms with Crippen molar-refractivity contribution in [2.24, 2.45) is 0 Å². The Morgan fingerprint density at radius 1 is 0.962 bits per heavy atom. The fourth-order valence-corrected chi connectivity index (χ4v) is 2.72. The Bertz CT molecular complexity index is 892. The molecule has 0 spiro atoms. The monoisotopic (exact) mass is 376 g/mol. The minimum Gasteiger partial charge on any atom is -0.462 e. The second-order valence-electron chi connectivity index (χ2n) is 5.34. The highest BCUT2D eigenvalue weighted by molar-refractivity contribution is 7.92. The van der Waals surface area contributed by atoms with Gasteiger partial charge in [-0.3, -0.25) is 9.52 Å². The lowest BCUT2D eigenvalue weighted by molar-refractivity contribution is 0.0526. The van der Waals surface area contributed by atoms with Gasteiger partial charge in [0.15, 0.2) is 0 Å². The Balaban J connectivity index is 2.08. The number of ether oxygens (including phenoxy) is 1. The summed E-state index contributed by atoms with van der Waals surface area (Å²) in [6, 6.07) is 12.5. The number of carbonyl (C=O) groups is 2. The number of benzene rings is 2. The third-order valence-electron chi connectivity index (χ3n) is 3.43. The third-order valence-corrected chi connectivity index (χ3v) is 4.74. The normalized spacial score (nSPS) is 10.8. The van der Waals surface area contributed by atoms with Crippen molar-refractivity contribution in [1.29, 1.82) is 0 Å². The van der Waals surface area contributed by atoms with Crippen molar-refractivity contribution < 1.29 is 22.7 Å². The van der Waals surface area contributed by atoms with E-state index in [-0.39, 0.29) is 18.3 Å². The van der Waals surface area contributed by atoms with Crippen LogP contribution in [0.1, 0.15) is 34.6 Å². The topological polar surface area (TPSA) is 102 Å². The van der Waals surface area contributed by atoms with Gasteiger partial charge in [0.25, 0.3) is 5.91 Å². The first-order chi connectivity index (χ1) is 12.3. The van der Waals surface area contributed by atoms with E-state index in [9.17, 15) is 18.0 Å². The fraction of sp³-hybridized carbons (Fsp3) is 0.222. The predicted molar refractivity (Wildman–Crippen MR) is 99.9 cm³/mol. The van der Waals surface area contributed by atoms with E-state index < -0.39 is 16.0 Å². The van der Waals surface area contributed by atoms with Crippen LogP contribution in [0.2, 0.25) is 0 Å². The van der Waals surface area contributed by atoms with E-state index >= 15 is 0 Å². The molecule has 0 radical (unpaired) electrons. The summed E-state index contributed by atoms with van der Waals surface area (Å²) < 4.78 is 30.4. The maximum absolute atomic E-state index is 12.3. The van der Waals surface area contributed by atoms with Gasteiger partial charge in [0.2, 0.25) is 10.0 Å². The summed E-state index contributed by atoms with van der Waals surface area (Å²) in [6.45, 7) is 3.52. The molecule has 0 heterocycles. The largest absolute Gasteiger partial charge is 0.462 e. The van der Waals surface area contributed by atoms with E-state index in [1.54, 1.807) is 25.1 Å². The van der Waals surface area contributed by atoms with Gasteiger partial charge in [-0.15, -0.1) is 0 Å². The van der Waals surface area contributed by atoms with Crippen LogP contribution >= 0.6 is 0 Å². The average molecular weight is 376 g/mol. The number of rotatable bonds is 7. The molecule has 2 aromatic rings. The third kappa shape index (κ3) is 5.32. The maximum Gasteiger partial charge on any atom is 0.338 e. The smallest absolute Gasteiger partial charge is 0.338 e. The highest BCUT2D eigenvalue weighted by Crippen LogP contribution is 2.15. The van der Waals surface area contributed by atoms with Crippen LogP contribution in [0.15, 0.2) is 48.5 Å². The van der Waals surface area contributed by atoms with E-state index in [1.807, 2.05) is 0 Å². The molecule has 0 atom stereocenters. The molecular formula is C18H20N2O5S. The van der Waals surface area contributed by atoms with Crippen LogP contribution in [0, 0.1) is 0 Å². The number of hydrogen-bond donors (Lipinski definition) is 2. The summed E-state index contributed by atoms with van der Waals surface area (Å²) in [5.74, 6) is -0.876. The zero-order valence-corrected chi connectivity index (χ0v) is 15.3. The summed E-state index contributed by atoms with van der Waals surface area (Å²) in [5.41, 5.74) is 1.53. The molecule has 0 unspecified atom stereocenters. The minimum atomic E-state index is -3.37. The molecule has 0 bridgehead atoms. The minimum absolute atomic E-state index is 0.0357. The molecule has 0 aliphatic heterocycles. The van der Waals surface area contributed by atoms with Gasteiger partial charge >= 0.3 is 5.97 Å². The standard InChI is InChI=1S/C18H20N2O5S/c1-3-25-18(22)14-6-5-7-16(12-14)19-17(21)13-8-10-15(11-9-13)20-26(23,24)4-2/h5-12,20H,3-4H2,1-2H3,(H,19,21). The van der Waals surface area contributed by atoms with Crippen molar-refractivity contribution in [1.82, 2.24) is 0 Å². The van der Waals surface area contributed by atoms with Crippen molar-refractivity contribution in [3.8, 4) is 0 Å². The summed E-state index contributed by atoms with van der Waals surface area (Å²) in [5, 5.41) is 2.69. The van der Waals surface area contributed by atoms with Gasteiger partial charge < -0.3 is 10.1 Å². The molecule has 2 aromatic carbocycles. The molecule has 8 heteroatoms. The molecule has 26 heavy (non-hydrogen) atoms. The van der Waals surface area contributed by atoms with Crippen molar-refractivity contribution >= 4 is 33.3 Å². The van der Waals surface area contributed by atoms with Crippen LogP contribution < -0.4 is 10.0 Å². The molecule has 2 rings (SSSR count). The lowest BCUT2D eigenvalue weighted by Gasteiger charge is -2.09. The van der Waals surface area contributed by atoms with Crippen molar-refractivity contribution in [3.63, 3.8) is 0 Å². The SMILES string of the molecule is CCOC(=O)c1cccc(NC(=O)c2ccc(NS(=O)(=O)CC)cc2)c1. The summed E-state index contributed by atoms with van der Waals surface area (Å²) in [4.78, 5) is 24.0. The lowest BCUT2D eigenvalue weighted by Crippen LogP contribution is -2.15. The van der Waals surface area contributed by atoms with Crippen LogP contribution in [0.5, 0.6) is 0 Å². The van der Waals surface area contributed by atoms with Gasteiger partial charge in [-0.05, 0) is 56.3 Å².